The van der Waals surface area contributed by atoms with Gasteiger partial charge in [-0.3, -0.25) is 24.1 Å². The number of alkyl halides is 2. The Morgan fingerprint density at radius 1 is 0.717 bits per heavy atom. The Labute approximate surface area is 266 Å². The minimum absolute atomic E-state index is 0.0136. The van der Waals surface area contributed by atoms with Gasteiger partial charge in [0, 0.05) is 11.5 Å². The molecule has 2 aliphatic heterocycles. The van der Waals surface area contributed by atoms with Crippen molar-refractivity contribution in [2.75, 3.05) is 9.80 Å². The Bertz CT molecular complexity index is 1910. The van der Waals surface area contributed by atoms with E-state index in [2.05, 4.69) is 0 Å². The van der Waals surface area contributed by atoms with Gasteiger partial charge in [-0.05, 0) is 37.0 Å². The highest BCUT2D eigenvalue weighted by molar-refractivity contribution is 6.58. The molecule has 0 spiro atoms. The van der Waals surface area contributed by atoms with Gasteiger partial charge in [-0.2, -0.15) is 0 Å². The molecular weight excluding hydrogens is 658 g/mol. The van der Waals surface area contributed by atoms with E-state index >= 15 is 8.78 Å². The van der Waals surface area contributed by atoms with Crippen molar-refractivity contribution in [1.82, 2.24) is 0 Å². The first-order valence-electron chi connectivity index (χ1n) is 14.0. The van der Waals surface area contributed by atoms with Crippen molar-refractivity contribution in [3.63, 3.8) is 0 Å². The Balaban J connectivity index is 1.44. The minimum Gasteiger partial charge on any atom is -0.508 e. The first kappa shape index (κ1) is 30.4. The SMILES string of the molecule is O=C1[C@H]2[C@H](CC=C3[C@H]2C[C@@]2(Cl)C(=O)N(c4c(F)c(F)c(F)c(F)c4F)C(=O)[C@@]2(Cl)[C@H]3c2ccccc2O)C(=O)N1c1ccccc1. The number of aromatic hydroxyl groups is 1. The van der Waals surface area contributed by atoms with Gasteiger partial charge in [0.1, 0.15) is 11.4 Å². The normalized spacial score (nSPS) is 30.4. The molecule has 14 heteroatoms. The predicted molar refractivity (Wildman–Crippen MR) is 153 cm³/mol. The third kappa shape index (κ3) is 3.65. The zero-order chi connectivity index (χ0) is 33.0. The van der Waals surface area contributed by atoms with Gasteiger partial charge in [0.05, 0.1) is 17.5 Å². The number of hydrogen-bond acceptors (Lipinski definition) is 5. The van der Waals surface area contributed by atoms with Gasteiger partial charge in [-0.15, -0.1) is 23.2 Å². The van der Waals surface area contributed by atoms with Gasteiger partial charge in [0.2, 0.25) is 17.6 Å². The molecule has 7 rings (SSSR count). The van der Waals surface area contributed by atoms with Crippen LogP contribution in [0.3, 0.4) is 0 Å². The number of phenolic OH excluding ortho intramolecular Hbond substituents is 1. The summed E-state index contributed by atoms with van der Waals surface area (Å²) in [5.74, 6) is -21.8. The number of phenols is 1. The smallest absolute Gasteiger partial charge is 0.258 e. The summed E-state index contributed by atoms with van der Waals surface area (Å²) in [6.45, 7) is 0. The van der Waals surface area contributed by atoms with Crippen molar-refractivity contribution in [2.45, 2.75) is 28.5 Å². The summed E-state index contributed by atoms with van der Waals surface area (Å²) in [7, 11) is 0. The number of para-hydroxylation sites is 2. The highest BCUT2D eigenvalue weighted by Crippen LogP contribution is 2.66. The van der Waals surface area contributed by atoms with E-state index in [0.29, 0.717) is 5.69 Å². The Morgan fingerprint density at radius 2 is 1.30 bits per heavy atom. The molecule has 2 aliphatic carbocycles. The largest absolute Gasteiger partial charge is 0.508 e. The van der Waals surface area contributed by atoms with Crippen molar-refractivity contribution < 1.29 is 46.2 Å². The van der Waals surface area contributed by atoms with Crippen LogP contribution in [0.4, 0.5) is 33.3 Å². The van der Waals surface area contributed by atoms with E-state index in [4.69, 9.17) is 23.2 Å². The molecule has 1 N–H and O–H groups in total. The highest BCUT2D eigenvalue weighted by atomic mass is 35.5. The second-order valence-corrected chi connectivity index (χ2v) is 12.8. The van der Waals surface area contributed by atoms with Gasteiger partial charge in [-0.1, -0.05) is 48.0 Å². The van der Waals surface area contributed by atoms with Crippen molar-refractivity contribution in [1.29, 1.82) is 0 Å². The second-order valence-electron chi connectivity index (χ2n) is 11.6. The van der Waals surface area contributed by atoms with E-state index in [0.717, 1.165) is 4.90 Å². The standard InChI is InChI=1S/C32H19Cl2F5N2O5/c33-31-12-17-14(10-11-16-19(17)28(44)40(27(16)43)13-6-2-1-3-7-13)20(15-8-4-5-9-18(15)42)32(31,34)30(46)41(29(31)45)26-24(38)22(36)21(35)23(37)25(26)39/h1-10,16-17,19-20,42H,11-12H2/t16-,17+,19-,20+,31+,32-/m0/s1. The fraction of sp³-hybridized carbons (Fsp3) is 0.250. The van der Waals surface area contributed by atoms with E-state index in [1.807, 2.05) is 0 Å². The van der Waals surface area contributed by atoms with E-state index in [9.17, 15) is 37.5 Å². The average Bonchev–Trinajstić information content (AvgIpc) is 3.38. The van der Waals surface area contributed by atoms with Gasteiger partial charge in [0.15, 0.2) is 33.0 Å². The van der Waals surface area contributed by atoms with Crippen molar-refractivity contribution in [2.24, 2.45) is 17.8 Å². The lowest BCUT2D eigenvalue weighted by Gasteiger charge is -2.50. The molecule has 0 radical (unpaired) electrons. The number of imide groups is 2. The fourth-order valence-corrected chi connectivity index (χ4v) is 8.40. The topological polar surface area (TPSA) is 95.0 Å². The molecule has 3 fully saturated rings. The maximum atomic E-state index is 15.1. The van der Waals surface area contributed by atoms with E-state index in [1.54, 1.807) is 36.4 Å². The molecule has 3 aromatic carbocycles. The van der Waals surface area contributed by atoms with Gasteiger partial charge < -0.3 is 5.11 Å². The van der Waals surface area contributed by atoms with Crippen LogP contribution in [0.5, 0.6) is 5.75 Å². The molecule has 6 atom stereocenters. The number of halogens is 7. The molecule has 1 saturated carbocycles. The summed E-state index contributed by atoms with van der Waals surface area (Å²) in [5.41, 5.74) is -1.40. The van der Waals surface area contributed by atoms with Crippen LogP contribution in [0.2, 0.25) is 0 Å². The van der Waals surface area contributed by atoms with E-state index in [-0.39, 0.29) is 22.5 Å². The zero-order valence-electron chi connectivity index (χ0n) is 23.1. The molecule has 46 heavy (non-hydrogen) atoms. The number of rotatable bonds is 3. The third-order valence-corrected chi connectivity index (χ3v) is 10.9. The Kier molecular flexibility index (Phi) is 6.67. The fourth-order valence-electron chi connectivity index (χ4n) is 7.48. The van der Waals surface area contributed by atoms with Crippen LogP contribution in [-0.2, 0) is 19.2 Å². The summed E-state index contributed by atoms with van der Waals surface area (Å²) in [5, 5.41) is 10.9. The molecular formula is C32H19Cl2F5N2O5. The summed E-state index contributed by atoms with van der Waals surface area (Å²) >= 11 is 14.1. The number of benzene rings is 3. The van der Waals surface area contributed by atoms with Gasteiger partial charge >= 0.3 is 0 Å². The molecule has 4 amide bonds. The number of carbonyl (C=O) groups excluding carboxylic acids is 4. The van der Waals surface area contributed by atoms with Gasteiger partial charge in [0.25, 0.3) is 11.8 Å². The lowest BCUT2D eigenvalue weighted by Crippen LogP contribution is -2.60. The number of nitrogens with zero attached hydrogens (tertiary/aromatic N) is 2. The predicted octanol–water partition coefficient (Wildman–Crippen LogP) is 5.86. The van der Waals surface area contributed by atoms with E-state index < -0.39 is 104 Å². The molecule has 0 bridgehead atoms. The minimum atomic E-state index is -2.70. The summed E-state index contributed by atoms with van der Waals surface area (Å²) in [4.78, 5) is 51.3. The van der Waals surface area contributed by atoms with E-state index in [1.165, 1.54) is 24.3 Å². The second kappa shape index (κ2) is 10.1. The first-order chi connectivity index (χ1) is 21.8. The lowest BCUT2D eigenvalue weighted by atomic mass is 9.56. The quantitative estimate of drug-likeness (QED) is 0.0938. The molecule has 7 nitrogen and oxygen atoms in total. The monoisotopic (exact) mass is 676 g/mol. The molecule has 3 aromatic rings. The number of carbonyl (C=O) groups is 4. The van der Waals surface area contributed by atoms with Crippen LogP contribution in [0.1, 0.15) is 24.3 Å². The molecule has 4 aliphatic rings. The van der Waals surface area contributed by atoms with Crippen LogP contribution >= 0.6 is 23.2 Å². The van der Waals surface area contributed by atoms with Gasteiger partial charge in [-0.25, -0.2) is 26.9 Å². The first-order valence-corrected chi connectivity index (χ1v) is 14.7. The molecule has 0 unspecified atom stereocenters. The van der Waals surface area contributed by atoms with Crippen molar-refractivity contribution in [3.05, 3.63) is 101 Å². The van der Waals surface area contributed by atoms with Crippen LogP contribution in [0.15, 0.2) is 66.2 Å². The number of anilines is 2. The lowest BCUT2D eigenvalue weighted by molar-refractivity contribution is -0.125. The number of allylic oxidation sites excluding steroid dienone is 2. The average molecular weight is 677 g/mol. The summed E-state index contributed by atoms with van der Waals surface area (Å²) in [6.07, 6.45) is 0.912. The van der Waals surface area contributed by atoms with Crippen molar-refractivity contribution in [3.8, 4) is 5.75 Å². The number of fused-ring (bicyclic) bond motifs is 4. The molecule has 236 valence electrons. The molecule has 2 saturated heterocycles. The third-order valence-electron chi connectivity index (χ3n) is 9.48. The summed E-state index contributed by atoms with van der Waals surface area (Å²) < 4.78 is 72.8. The number of amides is 4. The van der Waals surface area contributed by atoms with Crippen LogP contribution in [-0.4, -0.2) is 38.5 Å². The van der Waals surface area contributed by atoms with Crippen molar-refractivity contribution >= 4 is 58.2 Å². The maximum Gasteiger partial charge on any atom is 0.258 e. The summed E-state index contributed by atoms with van der Waals surface area (Å²) in [6, 6.07) is 13.6. The van der Waals surface area contributed by atoms with Crippen LogP contribution in [0, 0.1) is 46.8 Å². The zero-order valence-corrected chi connectivity index (χ0v) is 24.6. The highest BCUT2D eigenvalue weighted by Gasteiger charge is 2.77. The van der Waals surface area contributed by atoms with Crippen LogP contribution < -0.4 is 9.80 Å². The molecule has 0 aromatic heterocycles. The Hall–Kier alpha value is -4.29. The molecule has 2 heterocycles. The number of hydrogen-bond donors (Lipinski definition) is 1. The Morgan fingerprint density at radius 3 is 1.93 bits per heavy atom. The maximum absolute atomic E-state index is 15.1. The van der Waals surface area contributed by atoms with Crippen LogP contribution in [0.25, 0.3) is 0 Å².